The number of aromatic nitrogens is 1. The van der Waals surface area contributed by atoms with Gasteiger partial charge in [-0.15, -0.1) is 0 Å². The van der Waals surface area contributed by atoms with Gasteiger partial charge in [-0.25, -0.2) is 9.37 Å². The van der Waals surface area contributed by atoms with Crippen LogP contribution < -0.4 is 10.5 Å². The fourth-order valence-corrected chi connectivity index (χ4v) is 2.00. The van der Waals surface area contributed by atoms with Crippen LogP contribution in [0.25, 0.3) is 0 Å². The molecule has 2 N–H and O–H groups in total. The summed E-state index contributed by atoms with van der Waals surface area (Å²) in [6.07, 6.45) is 1.48. The van der Waals surface area contributed by atoms with E-state index < -0.39 is 5.82 Å². The molecule has 3 nitrogen and oxygen atoms in total. The summed E-state index contributed by atoms with van der Waals surface area (Å²) in [6, 6.07) is 7.01. The molecule has 0 fully saturated rings. The summed E-state index contributed by atoms with van der Waals surface area (Å²) >= 11 is 3.36. The molecular weight excluding hydrogens is 299 g/mol. The van der Waals surface area contributed by atoms with Gasteiger partial charge in [-0.2, -0.15) is 0 Å². The molecule has 0 bridgehead atoms. The zero-order chi connectivity index (χ0) is 13.1. The van der Waals surface area contributed by atoms with Crippen LogP contribution in [0, 0.1) is 12.7 Å². The minimum atomic E-state index is -0.512. The molecule has 0 saturated heterocycles. The molecule has 0 aliphatic heterocycles. The summed E-state index contributed by atoms with van der Waals surface area (Å²) in [5.74, 6) is 0.00413. The number of pyridine rings is 1. The largest absolute Gasteiger partial charge is 0.436 e. The second-order valence-corrected chi connectivity index (χ2v) is 4.72. The number of hydrogen-bond donors (Lipinski definition) is 1. The van der Waals surface area contributed by atoms with E-state index >= 15 is 0 Å². The maximum absolute atomic E-state index is 13.9. The van der Waals surface area contributed by atoms with Crippen LogP contribution >= 0.6 is 15.9 Å². The third-order valence-electron chi connectivity index (χ3n) is 2.50. The van der Waals surface area contributed by atoms with Crippen molar-refractivity contribution in [3.8, 4) is 11.6 Å². The number of hydrogen-bond acceptors (Lipinski definition) is 3. The average molecular weight is 311 g/mol. The highest BCUT2D eigenvalue weighted by Crippen LogP contribution is 2.28. The SMILES string of the molecule is Cc1cc(Br)ccc1Oc1nccc(CN)c1F. The molecule has 0 aliphatic rings. The van der Waals surface area contributed by atoms with E-state index in [0.29, 0.717) is 11.3 Å². The van der Waals surface area contributed by atoms with Crippen molar-refractivity contribution in [1.29, 1.82) is 0 Å². The molecule has 94 valence electrons. The molecule has 1 heterocycles. The van der Waals surface area contributed by atoms with Crippen molar-refractivity contribution in [2.75, 3.05) is 0 Å². The molecule has 2 rings (SSSR count). The topological polar surface area (TPSA) is 48.1 Å². The van der Waals surface area contributed by atoms with Crippen LogP contribution in [0.5, 0.6) is 11.6 Å². The molecule has 1 aromatic carbocycles. The Morgan fingerprint density at radius 2 is 2.17 bits per heavy atom. The first-order valence-electron chi connectivity index (χ1n) is 5.39. The summed E-state index contributed by atoms with van der Waals surface area (Å²) in [5, 5.41) is 0. The van der Waals surface area contributed by atoms with E-state index in [9.17, 15) is 4.39 Å². The molecule has 0 atom stereocenters. The summed E-state index contributed by atoms with van der Waals surface area (Å²) in [5.41, 5.74) is 6.71. The van der Waals surface area contributed by atoms with Gasteiger partial charge in [0, 0.05) is 22.8 Å². The lowest BCUT2D eigenvalue weighted by molar-refractivity contribution is 0.416. The number of rotatable bonds is 3. The quantitative estimate of drug-likeness (QED) is 0.943. The number of ether oxygens (including phenoxy) is 1. The lowest BCUT2D eigenvalue weighted by Crippen LogP contribution is -2.03. The van der Waals surface area contributed by atoms with Crippen molar-refractivity contribution < 1.29 is 9.13 Å². The fourth-order valence-electron chi connectivity index (χ4n) is 1.52. The first-order chi connectivity index (χ1) is 8.61. The molecule has 5 heteroatoms. The van der Waals surface area contributed by atoms with Gasteiger partial charge in [0.25, 0.3) is 5.88 Å². The van der Waals surface area contributed by atoms with E-state index in [1.807, 2.05) is 19.1 Å². The van der Waals surface area contributed by atoms with Crippen LogP contribution in [0.15, 0.2) is 34.9 Å². The Kier molecular flexibility index (Phi) is 3.93. The maximum Gasteiger partial charge on any atom is 0.256 e. The lowest BCUT2D eigenvalue weighted by Gasteiger charge is -2.10. The van der Waals surface area contributed by atoms with Gasteiger partial charge in [-0.3, -0.25) is 0 Å². The molecule has 0 aliphatic carbocycles. The molecule has 0 saturated carbocycles. The van der Waals surface area contributed by atoms with Gasteiger partial charge in [0.15, 0.2) is 5.82 Å². The molecule has 0 radical (unpaired) electrons. The van der Waals surface area contributed by atoms with Crippen LogP contribution in [-0.2, 0) is 6.54 Å². The van der Waals surface area contributed by atoms with Crippen LogP contribution in [0.3, 0.4) is 0 Å². The second kappa shape index (κ2) is 5.46. The molecular formula is C13H12BrFN2O. The monoisotopic (exact) mass is 310 g/mol. The van der Waals surface area contributed by atoms with E-state index in [4.69, 9.17) is 10.5 Å². The van der Waals surface area contributed by atoms with Crippen LogP contribution in [0.1, 0.15) is 11.1 Å². The highest BCUT2D eigenvalue weighted by molar-refractivity contribution is 9.10. The first-order valence-corrected chi connectivity index (χ1v) is 6.18. The van der Waals surface area contributed by atoms with Crippen molar-refractivity contribution in [3.63, 3.8) is 0 Å². The zero-order valence-electron chi connectivity index (χ0n) is 9.78. The standard InChI is InChI=1S/C13H12BrFN2O/c1-8-6-10(14)2-3-11(8)18-13-12(15)9(7-16)4-5-17-13/h2-6H,7,16H2,1H3. The summed E-state index contributed by atoms with van der Waals surface area (Å²) in [4.78, 5) is 3.88. The first kappa shape index (κ1) is 13.0. The Morgan fingerprint density at radius 1 is 1.39 bits per heavy atom. The van der Waals surface area contributed by atoms with Gasteiger partial charge in [-0.1, -0.05) is 15.9 Å². The second-order valence-electron chi connectivity index (χ2n) is 3.81. The molecule has 0 unspecified atom stereocenters. The van der Waals surface area contributed by atoms with Gasteiger partial charge in [0.1, 0.15) is 5.75 Å². The molecule has 18 heavy (non-hydrogen) atoms. The van der Waals surface area contributed by atoms with Crippen molar-refractivity contribution in [2.45, 2.75) is 13.5 Å². The van der Waals surface area contributed by atoms with E-state index in [1.54, 1.807) is 6.07 Å². The van der Waals surface area contributed by atoms with Crippen molar-refractivity contribution in [1.82, 2.24) is 4.98 Å². The van der Waals surface area contributed by atoms with E-state index in [2.05, 4.69) is 20.9 Å². The molecule has 0 amide bonds. The predicted molar refractivity (Wildman–Crippen MR) is 71.0 cm³/mol. The highest BCUT2D eigenvalue weighted by atomic mass is 79.9. The van der Waals surface area contributed by atoms with Crippen LogP contribution in [0.2, 0.25) is 0 Å². The van der Waals surface area contributed by atoms with Gasteiger partial charge < -0.3 is 10.5 Å². The number of halogens is 2. The van der Waals surface area contributed by atoms with Gasteiger partial charge in [0.2, 0.25) is 0 Å². The number of benzene rings is 1. The van der Waals surface area contributed by atoms with E-state index in [-0.39, 0.29) is 12.4 Å². The van der Waals surface area contributed by atoms with Crippen LogP contribution in [-0.4, -0.2) is 4.98 Å². The predicted octanol–water partition coefficient (Wildman–Crippen LogP) is 3.54. The minimum Gasteiger partial charge on any atom is -0.436 e. The Bertz CT molecular complexity index is 575. The molecule has 0 spiro atoms. The van der Waals surface area contributed by atoms with Crippen molar-refractivity contribution >= 4 is 15.9 Å². The number of nitrogens with zero attached hydrogens (tertiary/aromatic N) is 1. The Balaban J connectivity index is 2.34. The zero-order valence-corrected chi connectivity index (χ0v) is 11.4. The average Bonchev–Trinajstić information content (AvgIpc) is 2.35. The van der Waals surface area contributed by atoms with Crippen molar-refractivity contribution in [2.24, 2.45) is 5.73 Å². The van der Waals surface area contributed by atoms with Crippen molar-refractivity contribution in [3.05, 3.63) is 51.9 Å². The maximum atomic E-state index is 13.9. The minimum absolute atomic E-state index is 0.0524. The third kappa shape index (κ3) is 2.68. The van der Waals surface area contributed by atoms with Gasteiger partial charge >= 0.3 is 0 Å². The lowest BCUT2D eigenvalue weighted by atomic mass is 10.2. The fraction of sp³-hybridized carbons (Fsp3) is 0.154. The molecule has 1 aromatic heterocycles. The number of nitrogens with two attached hydrogens (primary N) is 1. The molecule has 2 aromatic rings. The van der Waals surface area contributed by atoms with Crippen LogP contribution in [0.4, 0.5) is 4.39 Å². The highest BCUT2D eigenvalue weighted by Gasteiger charge is 2.11. The Labute approximate surface area is 113 Å². The summed E-state index contributed by atoms with van der Waals surface area (Å²) < 4.78 is 20.3. The third-order valence-corrected chi connectivity index (χ3v) is 2.99. The van der Waals surface area contributed by atoms with Gasteiger partial charge in [0.05, 0.1) is 0 Å². The van der Waals surface area contributed by atoms with Gasteiger partial charge in [-0.05, 0) is 36.8 Å². The van der Waals surface area contributed by atoms with E-state index in [1.165, 1.54) is 12.3 Å². The Hall–Kier alpha value is -1.46. The smallest absolute Gasteiger partial charge is 0.256 e. The van der Waals surface area contributed by atoms with E-state index in [0.717, 1.165) is 10.0 Å². The Morgan fingerprint density at radius 3 is 2.83 bits per heavy atom. The summed E-state index contributed by atoms with van der Waals surface area (Å²) in [7, 11) is 0. The normalized spacial score (nSPS) is 10.4. The summed E-state index contributed by atoms with van der Waals surface area (Å²) in [6.45, 7) is 1.99. The number of aryl methyl sites for hydroxylation is 1.